The van der Waals surface area contributed by atoms with Gasteiger partial charge in [-0.3, -0.25) is 9.59 Å². The largest absolute Gasteiger partial charge is 0.415 e. The van der Waals surface area contributed by atoms with Crippen molar-refractivity contribution in [2.45, 2.75) is 12.5 Å². The predicted octanol–water partition coefficient (Wildman–Crippen LogP) is 0.279. The number of ketones is 1. The molecule has 1 aliphatic heterocycles. The highest BCUT2D eigenvalue weighted by atomic mass is 16.6. The number of aliphatic hydroxyl groups is 1. The zero-order chi connectivity index (χ0) is 16.1. The van der Waals surface area contributed by atoms with Gasteiger partial charge in [-0.05, 0) is 12.1 Å². The maximum atomic E-state index is 12.1. The highest BCUT2D eigenvalue weighted by Gasteiger charge is 2.34. The number of benzene rings is 1. The van der Waals surface area contributed by atoms with E-state index in [0.717, 1.165) is 4.90 Å². The summed E-state index contributed by atoms with van der Waals surface area (Å²) in [6, 6.07) is 8.02. The van der Waals surface area contributed by atoms with Crippen LogP contribution in [0.4, 0.5) is 4.79 Å². The van der Waals surface area contributed by atoms with Crippen molar-refractivity contribution in [2.75, 3.05) is 26.7 Å². The number of likely N-dealkylation sites (N-methyl/N-ethyl adjacent to an activating group) is 1. The molecule has 0 radical (unpaired) electrons. The van der Waals surface area contributed by atoms with E-state index in [-0.39, 0.29) is 31.9 Å². The van der Waals surface area contributed by atoms with Gasteiger partial charge in [0, 0.05) is 13.5 Å². The van der Waals surface area contributed by atoms with Gasteiger partial charge in [0.05, 0.1) is 19.2 Å². The Labute approximate surface area is 128 Å². The number of para-hydroxylation sites is 1. The summed E-state index contributed by atoms with van der Waals surface area (Å²) in [7, 11) is 1.44. The Kier molecular flexibility index (Phi) is 5.11. The number of Topliss-reactive ketones (excluding diaryl/α,β-unsaturated/α-hetero) is 1. The van der Waals surface area contributed by atoms with Crippen LogP contribution in [0.1, 0.15) is 6.42 Å². The molecule has 1 aliphatic rings. The molecule has 7 heteroatoms. The molecular weight excluding hydrogens is 288 g/mol. The topological polar surface area (TPSA) is 87.2 Å². The van der Waals surface area contributed by atoms with Crippen molar-refractivity contribution in [3.8, 4) is 5.75 Å². The number of aliphatic hydroxyl groups excluding tert-OH is 1. The third-order valence-corrected chi connectivity index (χ3v) is 3.41. The first-order valence-electron chi connectivity index (χ1n) is 6.91. The molecule has 0 aromatic heterocycles. The maximum absolute atomic E-state index is 12.1. The van der Waals surface area contributed by atoms with E-state index in [0.29, 0.717) is 5.75 Å². The van der Waals surface area contributed by atoms with Gasteiger partial charge in [0.15, 0.2) is 5.78 Å². The third-order valence-electron chi connectivity index (χ3n) is 3.41. The Hall–Kier alpha value is -2.41. The minimum atomic E-state index is -0.661. The lowest BCUT2D eigenvalue weighted by molar-refractivity contribution is -0.134. The standard InChI is InChI=1S/C15H18N2O5/c1-16(15(21)22-13-5-3-2-4-6-13)9-14(20)17-8-12(19)7-11(17)10-18/h2-6,11,18H,7-10H2,1H3/t11-/m1/s1. The van der Waals surface area contributed by atoms with Crippen LogP contribution >= 0.6 is 0 Å². The summed E-state index contributed by atoms with van der Waals surface area (Å²) in [5, 5.41) is 9.19. The van der Waals surface area contributed by atoms with Gasteiger partial charge in [0.1, 0.15) is 12.3 Å². The van der Waals surface area contributed by atoms with Gasteiger partial charge in [-0.25, -0.2) is 4.79 Å². The molecule has 118 valence electrons. The molecule has 0 spiro atoms. The van der Waals surface area contributed by atoms with Crippen molar-refractivity contribution in [1.29, 1.82) is 0 Å². The fourth-order valence-corrected chi connectivity index (χ4v) is 2.24. The van der Waals surface area contributed by atoms with Crippen molar-refractivity contribution >= 4 is 17.8 Å². The molecule has 1 N–H and O–H groups in total. The Morgan fingerprint density at radius 1 is 1.36 bits per heavy atom. The Morgan fingerprint density at radius 3 is 2.68 bits per heavy atom. The van der Waals surface area contributed by atoms with Crippen LogP contribution in [0.3, 0.4) is 0 Å². The molecule has 0 aliphatic carbocycles. The minimum absolute atomic E-state index is 0.0222. The zero-order valence-electron chi connectivity index (χ0n) is 12.3. The summed E-state index contributed by atoms with van der Waals surface area (Å²) in [5.41, 5.74) is 0. The number of ether oxygens (including phenoxy) is 1. The second-order valence-corrected chi connectivity index (χ2v) is 5.14. The van der Waals surface area contributed by atoms with Crippen molar-refractivity contribution in [3.63, 3.8) is 0 Å². The van der Waals surface area contributed by atoms with Gasteiger partial charge < -0.3 is 19.6 Å². The normalized spacial score (nSPS) is 17.5. The molecular formula is C15H18N2O5. The van der Waals surface area contributed by atoms with E-state index in [1.807, 2.05) is 0 Å². The fraction of sp³-hybridized carbons (Fsp3) is 0.400. The van der Waals surface area contributed by atoms with Gasteiger partial charge >= 0.3 is 6.09 Å². The summed E-state index contributed by atoms with van der Waals surface area (Å²) in [6.45, 7) is -0.503. The number of hydrogen-bond donors (Lipinski definition) is 1. The van der Waals surface area contributed by atoms with Crippen LogP contribution < -0.4 is 4.74 Å². The number of hydrogen-bond acceptors (Lipinski definition) is 5. The van der Waals surface area contributed by atoms with Crippen LogP contribution in [0.5, 0.6) is 5.75 Å². The number of carbonyl (C=O) groups excluding carboxylic acids is 3. The Morgan fingerprint density at radius 2 is 2.05 bits per heavy atom. The van der Waals surface area contributed by atoms with Gasteiger partial charge in [-0.2, -0.15) is 0 Å². The van der Waals surface area contributed by atoms with Crippen LogP contribution in [-0.4, -0.2) is 65.5 Å². The summed E-state index contributed by atoms with van der Waals surface area (Å²) in [6.07, 6.45) is -0.508. The van der Waals surface area contributed by atoms with E-state index in [1.165, 1.54) is 11.9 Å². The van der Waals surface area contributed by atoms with Crippen molar-refractivity contribution < 1.29 is 24.2 Å². The molecule has 7 nitrogen and oxygen atoms in total. The lowest BCUT2D eigenvalue weighted by Gasteiger charge is -2.24. The van der Waals surface area contributed by atoms with E-state index in [2.05, 4.69) is 0 Å². The number of likely N-dealkylation sites (tertiary alicyclic amines) is 1. The molecule has 1 aromatic carbocycles. The van der Waals surface area contributed by atoms with Gasteiger partial charge in [-0.15, -0.1) is 0 Å². The molecule has 1 atom stereocenters. The van der Waals surface area contributed by atoms with Gasteiger partial charge in [-0.1, -0.05) is 18.2 Å². The average Bonchev–Trinajstić information content (AvgIpc) is 2.89. The number of carbonyl (C=O) groups is 3. The quantitative estimate of drug-likeness (QED) is 0.863. The van der Waals surface area contributed by atoms with Crippen LogP contribution in [0.15, 0.2) is 30.3 Å². The molecule has 1 aromatic rings. The van der Waals surface area contributed by atoms with E-state index < -0.39 is 18.0 Å². The van der Waals surface area contributed by atoms with E-state index in [1.54, 1.807) is 30.3 Å². The van der Waals surface area contributed by atoms with Crippen LogP contribution in [0.2, 0.25) is 0 Å². The van der Waals surface area contributed by atoms with Crippen LogP contribution in [0.25, 0.3) is 0 Å². The first-order valence-corrected chi connectivity index (χ1v) is 6.91. The molecule has 0 saturated carbocycles. The van der Waals surface area contributed by atoms with Gasteiger partial charge in [0.25, 0.3) is 0 Å². The van der Waals surface area contributed by atoms with E-state index in [4.69, 9.17) is 4.74 Å². The highest BCUT2D eigenvalue weighted by molar-refractivity contribution is 5.91. The number of nitrogens with zero attached hydrogens (tertiary/aromatic N) is 2. The summed E-state index contributed by atoms with van der Waals surface area (Å²) < 4.78 is 5.11. The molecule has 2 rings (SSSR count). The number of rotatable bonds is 4. The SMILES string of the molecule is CN(CC(=O)N1CC(=O)C[C@@H]1CO)C(=O)Oc1ccccc1. The van der Waals surface area contributed by atoms with Crippen LogP contribution in [0, 0.1) is 0 Å². The zero-order valence-corrected chi connectivity index (χ0v) is 12.3. The van der Waals surface area contributed by atoms with Crippen LogP contribution in [-0.2, 0) is 9.59 Å². The molecule has 1 saturated heterocycles. The van der Waals surface area contributed by atoms with Crippen molar-refractivity contribution in [1.82, 2.24) is 9.80 Å². The summed E-state index contributed by atoms with van der Waals surface area (Å²) in [4.78, 5) is 37.8. The molecule has 22 heavy (non-hydrogen) atoms. The number of amides is 2. The fourth-order valence-electron chi connectivity index (χ4n) is 2.24. The molecule has 0 bridgehead atoms. The first-order chi connectivity index (χ1) is 10.5. The third kappa shape index (κ3) is 3.82. The second kappa shape index (κ2) is 7.04. The summed E-state index contributed by atoms with van der Waals surface area (Å²) >= 11 is 0. The monoisotopic (exact) mass is 306 g/mol. The predicted molar refractivity (Wildman–Crippen MR) is 77.3 cm³/mol. The average molecular weight is 306 g/mol. The molecule has 0 unspecified atom stereocenters. The molecule has 2 amide bonds. The van der Waals surface area contributed by atoms with Crippen molar-refractivity contribution in [3.05, 3.63) is 30.3 Å². The maximum Gasteiger partial charge on any atom is 0.415 e. The van der Waals surface area contributed by atoms with E-state index in [9.17, 15) is 19.5 Å². The lowest BCUT2D eigenvalue weighted by Crippen LogP contribution is -2.45. The second-order valence-electron chi connectivity index (χ2n) is 5.14. The molecule has 1 fully saturated rings. The van der Waals surface area contributed by atoms with E-state index >= 15 is 0 Å². The van der Waals surface area contributed by atoms with Gasteiger partial charge in [0.2, 0.25) is 5.91 Å². The molecule has 1 heterocycles. The highest BCUT2D eigenvalue weighted by Crippen LogP contribution is 2.15. The summed E-state index contributed by atoms with van der Waals surface area (Å²) in [5.74, 6) is -0.101. The first kappa shape index (κ1) is 16.0. The minimum Gasteiger partial charge on any atom is -0.410 e. The smallest absolute Gasteiger partial charge is 0.410 e. The Balaban J connectivity index is 1.90. The lowest BCUT2D eigenvalue weighted by atomic mass is 10.2. The van der Waals surface area contributed by atoms with Crippen molar-refractivity contribution in [2.24, 2.45) is 0 Å². The Bertz CT molecular complexity index is 560.